The van der Waals surface area contributed by atoms with Crippen LogP contribution in [-0.4, -0.2) is 47.0 Å². The van der Waals surface area contributed by atoms with Crippen molar-refractivity contribution in [1.82, 2.24) is 20.4 Å². The highest BCUT2D eigenvalue weighted by Crippen LogP contribution is 2.37. The van der Waals surface area contributed by atoms with E-state index in [1.54, 1.807) is 19.2 Å². The fraction of sp³-hybridized carbons (Fsp3) is 0.292. The molecule has 2 aromatic carbocycles. The van der Waals surface area contributed by atoms with Crippen molar-refractivity contribution in [3.05, 3.63) is 71.5 Å². The number of thiocarbonyl (C=S) groups is 1. The highest BCUT2D eigenvalue weighted by molar-refractivity contribution is 7.80. The Morgan fingerprint density at radius 3 is 2.55 bits per heavy atom. The molecule has 0 saturated heterocycles. The van der Waals surface area contributed by atoms with Crippen LogP contribution in [0.5, 0.6) is 5.75 Å². The quantitative estimate of drug-likeness (QED) is 0.482. The molecule has 1 N–H and O–H groups in total. The zero-order chi connectivity index (χ0) is 23.4. The monoisotopic (exact) mass is 468 g/mol. The Balaban J connectivity index is 1.74. The molecule has 0 spiro atoms. The molecule has 1 unspecified atom stereocenters. The molecule has 0 fully saturated rings. The fourth-order valence-corrected chi connectivity index (χ4v) is 4.08. The van der Waals surface area contributed by atoms with E-state index in [1.807, 2.05) is 43.0 Å². The predicted octanol–water partition coefficient (Wildman–Crippen LogP) is 4.58. The first-order valence-electron chi connectivity index (χ1n) is 10.6. The van der Waals surface area contributed by atoms with E-state index in [4.69, 9.17) is 26.2 Å². The molecule has 0 amide bonds. The van der Waals surface area contributed by atoms with Crippen LogP contribution in [-0.2, 0) is 4.74 Å². The third-order valence-electron chi connectivity index (χ3n) is 5.40. The van der Waals surface area contributed by atoms with Crippen molar-refractivity contribution in [3.63, 3.8) is 0 Å². The number of allylic oxidation sites excluding steroid dienone is 1. The lowest BCUT2D eigenvalue weighted by molar-refractivity contribution is 0.183. The zero-order valence-corrected chi connectivity index (χ0v) is 19.5. The number of halogens is 1. The molecule has 1 aliphatic heterocycles. The van der Waals surface area contributed by atoms with E-state index in [0.29, 0.717) is 36.6 Å². The van der Waals surface area contributed by atoms with E-state index in [2.05, 4.69) is 15.5 Å². The van der Waals surface area contributed by atoms with Gasteiger partial charge in [0.1, 0.15) is 11.6 Å². The van der Waals surface area contributed by atoms with Gasteiger partial charge in [-0.05, 0) is 68.0 Å². The maximum absolute atomic E-state index is 13.6. The van der Waals surface area contributed by atoms with Gasteiger partial charge < -0.3 is 24.2 Å². The van der Waals surface area contributed by atoms with Crippen LogP contribution in [0.3, 0.4) is 0 Å². The van der Waals surface area contributed by atoms with E-state index in [0.717, 1.165) is 28.1 Å². The van der Waals surface area contributed by atoms with Gasteiger partial charge in [-0.1, -0.05) is 17.3 Å². The van der Waals surface area contributed by atoms with Gasteiger partial charge in [0.15, 0.2) is 5.11 Å². The summed E-state index contributed by atoms with van der Waals surface area (Å²) < 4.78 is 30.0. The van der Waals surface area contributed by atoms with Crippen LogP contribution in [0.25, 0.3) is 17.0 Å². The highest BCUT2D eigenvalue weighted by Gasteiger charge is 2.34. The van der Waals surface area contributed by atoms with Crippen molar-refractivity contribution in [2.24, 2.45) is 0 Å². The summed E-state index contributed by atoms with van der Waals surface area (Å²) in [6.07, 6.45) is 0. The van der Waals surface area contributed by atoms with Gasteiger partial charge >= 0.3 is 0 Å². The van der Waals surface area contributed by atoms with Crippen LogP contribution in [0.1, 0.15) is 31.3 Å². The van der Waals surface area contributed by atoms with Gasteiger partial charge in [0.05, 0.1) is 24.8 Å². The van der Waals surface area contributed by atoms with Crippen LogP contribution in [0.4, 0.5) is 4.39 Å². The predicted molar refractivity (Wildman–Crippen MR) is 127 cm³/mol. The number of rotatable bonds is 8. The number of hydrogen-bond acceptors (Lipinski definition) is 6. The second-order valence-electron chi connectivity index (χ2n) is 7.46. The summed E-state index contributed by atoms with van der Waals surface area (Å²) in [5.74, 6) is 1.29. The van der Waals surface area contributed by atoms with Crippen LogP contribution in [0.2, 0.25) is 0 Å². The van der Waals surface area contributed by atoms with Crippen molar-refractivity contribution in [2.75, 3.05) is 26.9 Å². The molecular formula is C24H25FN4O3S. The number of benzene rings is 2. The van der Waals surface area contributed by atoms with E-state index < -0.39 is 0 Å². The smallest absolute Gasteiger partial charge is 0.258 e. The summed E-state index contributed by atoms with van der Waals surface area (Å²) in [5.41, 5.74) is 3.28. The fourth-order valence-electron chi connectivity index (χ4n) is 3.73. The molecule has 4 rings (SSSR count). The first-order chi connectivity index (χ1) is 16.0. The summed E-state index contributed by atoms with van der Waals surface area (Å²) in [6.45, 7) is 5.54. The van der Waals surface area contributed by atoms with Gasteiger partial charge in [0.2, 0.25) is 5.82 Å². The molecule has 1 aliphatic rings. The van der Waals surface area contributed by atoms with Crippen molar-refractivity contribution < 1.29 is 18.4 Å². The van der Waals surface area contributed by atoms with E-state index in [-0.39, 0.29) is 11.9 Å². The average molecular weight is 469 g/mol. The number of methoxy groups -OCH3 is 1. The lowest BCUT2D eigenvalue weighted by Gasteiger charge is -2.37. The van der Waals surface area contributed by atoms with E-state index >= 15 is 0 Å². The molecule has 0 saturated carbocycles. The Labute approximate surface area is 197 Å². The van der Waals surface area contributed by atoms with Crippen molar-refractivity contribution in [3.8, 4) is 17.1 Å². The van der Waals surface area contributed by atoms with Gasteiger partial charge in [0, 0.05) is 24.9 Å². The Kier molecular flexibility index (Phi) is 7.00. The molecule has 33 heavy (non-hydrogen) atoms. The van der Waals surface area contributed by atoms with E-state index in [9.17, 15) is 4.39 Å². The number of aromatic nitrogens is 2. The van der Waals surface area contributed by atoms with Gasteiger partial charge in [0.25, 0.3) is 5.89 Å². The molecule has 0 aliphatic carbocycles. The maximum Gasteiger partial charge on any atom is 0.258 e. The molecule has 0 bridgehead atoms. The van der Waals surface area contributed by atoms with Gasteiger partial charge in [-0.25, -0.2) is 4.39 Å². The summed E-state index contributed by atoms with van der Waals surface area (Å²) >= 11 is 5.61. The third-order valence-corrected chi connectivity index (χ3v) is 5.74. The topological polar surface area (TPSA) is 72.7 Å². The molecule has 9 heteroatoms. The molecule has 0 radical (unpaired) electrons. The zero-order valence-electron chi connectivity index (χ0n) is 18.7. The second-order valence-corrected chi connectivity index (χ2v) is 7.84. The Morgan fingerprint density at radius 2 is 1.88 bits per heavy atom. The molecule has 3 aromatic rings. The summed E-state index contributed by atoms with van der Waals surface area (Å²) in [5, 5.41) is 8.08. The SMILES string of the molecule is CCOc1ccc(-c2noc(C3=C(C)N(CCOC)C(=S)NC3c3ccc(F)cc3)n2)cc1. The van der Waals surface area contributed by atoms with Crippen molar-refractivity contribution in [2.45, 2.75) is 19.9 Å². The minimum absolute atomic E-state index is 0.309. The number of nitrogens with zero attached hydrogens (tertiary/aromatic N) is 3. The normalized spacial score (nSPS) is 16.2. The molecular weight excluding hydrogens is 443 g/mol. The Morgan fingerprint density at radius 1 is 1.15 bits per heavy atom. The highest BCUT2D eigenvalue weighted by atomic mass is 32.1. The minimum atomic E-state index is -0.370. The summed E-state index contributed by atoms with van der Waals surface area (Å²) in [6, 6.07) is 13.4. The minimum Gasteiger partial charge on any atom is -0.494 e. The van der Waals surface area contributed by atoms with Crippen LogP contribution in [0, 0.1) is 5.82 Å². The van der Waals surface area contributed by atoms with Crippen molar-refractivity contribution >= 4 is 22.9 Å². The van der Waals surface area contributed by atoms with Crippen LogP contribution >= 0.6 is 12.2 Å². The van der Waals surface area contributed by atoms with Crippen LogP contribution in [0.15, 0.2) is 58.8 Å². The van der Waals surface area contributed by atoms with Gasteiger partial charge in [-0.15, -0.1) is 0 Å². The van der Waals surface area contributed by atoms with Crippen molar-refractivity contribution in [1.29, 1.82) is 0 Å². The Hall–Kier alpha value is -3.30. The third kappa shape index (κ3) is 4.89. The molecule has 2 heterocycles. The first kappa shape index (κ1) is 22.9. The second kappa shape index (κ2) is 10.1. The first-order valence-corrected chi connectivity index (χ1v) is 11.0. The lowest BCUT2D eigenvalue weighted by Crippen LogP contribution is -2.47. The van der Waals surface area contributed by atoms with Gasteiger partial charge in [-0.2, -0.15) is 4.98 Å². The van der Waals surface area contributed by atoms with Crippen LogP contribution < -0.4 is 10.1 Å². The number of nitrogens with one attached hydrogen (secondary N) is 1. The number of hydrogen-bond donors (Lipinski definition) is 1. The van der Waals surface area contributed by atoms with E-state index in [1.165, 1.54) is 12.1 Å². The summed E-state index contributed by atoms with van der Waals surface area (Å²) in [7, 11) is 1.64. The average Bonchev–Trinajstić information content (AvgIpc) is 3.29. The molecule has 7 nitrogen and oxygen atoms in total. The molecule has 1 aromatic heterocycles. The molecule has 1 atom stereocenters. The standard InChI is InChI=1S/C24H25FN4O3S/c1-4-31-19-11-7-17(8-12-19)22-27-23(32-28-22)20-15(2)29(13-14-30-3)24(33)26-21(20)16-5-9-18(25)10-6-16/h5-12,21H,4,13-14H2,1-3H3,(H,26,33). The largest absolute Gasteiger partial charge is 0.494 e. The molecule has 172 valence electrons. The summed E-state index contributed by atoms with van der Waals surface area (Å²) in [4.78, 5) is 6.61. The Bertz CT molecular complexity index is 1150. The van der Waals surface area contributed by atoms with Gasteiger partial charge in [-0.3, -0.25) is 0 Å². The number of ether oxygens (including phenoxy) is 2. The maximum atomic E-state index is 13.6. The lowest BCUT2D eigenvalue weighted by atomic mass is 9.95.